The third-order valence-electron chi connectivity index (χ3n) is 4.39. The largest absolute Gasteiger partial charge is 0.478 e. The summed E-state index contributed by atoms with van der Waals surface area (Å²) in [7, 11) is 0. The summed E-state index contributed by atoms with van der Waals surface area (Å²) in [5.41, 5.74) is 8.53. The van der Waals surface area contributed by atoms with Crippen LogP contribution in [-0.4, -0.2) is 45.3 Å². The summed E-state index contributed by atoms with van der Waals surface area (Å²) < 4.78 is 11.4. The topological polar surface area (TPSA) is 120 Å². The lowest BCUT2D eigenvalue weighted by Gasteiger charge is -2.12. The van der Waals surface area contributed by atoms with Gasteiger partial charge in [0.05, 0.1) is 22.9 Å². The molecule has 1 aliphatic heterocycles. The predicted molar refractivity (Wildman–Crippen MR) is 98.6 cm³/mol. The lowest BCUT2D eigenvalue weighted by Crippen LogP contribution is -2.17. The zero-order chi connectivity index (χ0) is 18.8. The van der Waals surface area contributed by atoms with Gasteiger partial charge in [0, 0.05) is 12.2 Å². The second-order valence-corrected chi connectivity index (χ2v) is 6.28. The Labute approximate surface area is 155 Å². The maximum absolute atomic E-state index is 11.0. The highest BCUT2D eigenvalue weighted by molar-refractivity contribution is 5.88. The van der Waals surface area contributed by atoms with Crippen molar-refractivity contribution in [3.63, 3.8) is 0 Å². The van der Waals surface area contributed by atoms with Gasteiger partial charge in [-0.15, -0.1) is 0 Å². The van der Waals surface area contributed by atoms with Crippen molar-refractivity contribution in [2.45, 2.75) is 18.9 Å². The van der Waals surface area contributed by atoms with E-state index in [-0.39, 0.29) is 17.6 Å². The minimum Gasteiger partial charge on any atom is -0.478 e. The van der Waals surface area contributed by atoms with E-state index in [1.807, 2.05) is 0 Å². The number of nitrogen functional groups attached to an aromatic ring is 1. The van der Waals surface area contributed by atoms with Crippen molar-refractivity contribution in [2.24, 2.45) is 0 Å². The van der Waals surface area contributed by atoms with E-state index in [9.17, 15) is 4.79 Å². The summed E-state index contributed by atoms with van der Waals surface area (Å²) in [6, 6.07) is 10.1. The van der Waals surface area contributed by atoms with Crippen LogP contribution in [0.5, 0.6) is 5.88 Å². The maximum Gasteiger partial charge on any atom is 0.335 e. The number of carboxylic acids is 1. The van der Waals surface area contributed by atoms with Gasteiger partial charge in [-0.25, -0.2) is 14.8 Å². The number of aromatic carboxylic acids is 1. The Bertz CT molecular complexity index is 985. The highest BCUT2D eigenvalue weighted by Crippen LogP contribution is 2.26. The third-order valence-corrected chi connectivity index (χ3v) is 4.39. The Morgan fingerprint density at radius 1 is 1.19 bits per heavy atom. The fraction of sp³-hybridized carbons (Fsp3) is 0.263. The van der Waals surface area contributed by atoms with Gasteiger partial charge in [-0.3, -0.25) is 0 Å². The molecule has 1 fully saturated rings. The molecule has 1 atom stereocenters. The number of hydrogen-bond donors (Lipinski definition) is 2. The van der Waals surface area contributed by atoms with E-state index in [0.29, 0.717) is 29.2 Å². The van der Waals surface area contributed by atoms with E-state index in [1.165, 1.54) is 12.1 Å². The molecule has 0 saturated carbocycles. The second-order valence-electron chi connectivity index (χ2n) is 6.28. The normalized spacial score (nSPS) is 16.5. The number of anilines is 1. The van der Waals surface area contributed by atoms with Gasteiger partial charge in [0.2, 0.25) is 11.8 Å². The van der Waals surface area contributed by atoms with E-state index in [1.54, 1.807) is 24.3 Å². The number of rotatable bonds is 5. The molecule has 3 heterocycles. The Kier molecular flexibility index (Phi) is 4.55. The number of hydrogen-bond acceptors (Lipinski definition) is 7. The van der Waals surface area contributed by atoms with E-state index < -0.39 is 5.97 Å². The molecule has 1 aromatic carbocycles. The molecule has 27 heavy (non-hydrogen) atoms. The van der Waals surface area contributed by atoms with Crippen molar-refractivity contribution in [2.75, 3.05) is 18.9 Å². The zero-order valence-electron chi connectivity index (χ0n) is 14.5. The van der Waals surface area contributed by atoms with Gasteiger partial charge in [-0.2, -0.15) is 4.98 Å². The molecule has 8 nitrogen and oxygen atoms in total. The highest BCUT2D eigenvalue weighted by atomic mass is 16.5. The summed E-state index contributed by atoms with van der Waals surface area (Å²) >= 11 is 0. The molecule has 2 aromatic heterocycles. The average Bonchev–Trinajstić information content (AvgIpc) is 3.19. The highest BCUT2D eigenvalue weighted by Gasteiger charge is 2.18. The number of fused-ring (bicyclic) bond motifs is 1. The van der Waals surface area contributed by atoms with Crippen molar-refractivity contribution in [3.8, 4) is 17.1 Å². The quantitative estimate of drug-likeness (QED) is 0.707. The van der Waals surface area contributed by atoms with Gasteiger partial charge >= 0.3 is 5.97 Å². The Morgan fingerprint density at radius 3 is 2.70 bits per heavy atom. The number of ether oxygens (including phenoxy) is 2. The molecule has 1 saturated heterocycles. The lowest BCUT2D eigenvalue weighted by molar-refractivity contribution is 0.0669. The third kappa shape index (κ3) is 3.65. The van der Waals surface area contributed by atoms with Crippen LogP contribution in [-0.2, 0) is 4.74 Å². The Balaban J connectivity index is 1.68. The van der Waals surface area contributed by atoms with E-state index in [4.69, 9.17) is 20.3 Å². The van der Waals surface area contributed by atoms with Crippen LogP contribution < -0.4 is 10.5 Å². The number of aromatic nitrogens is 3. The van der Waals surface area contributed by atoms with Crippen molar-refractivity contribution in [1.29, 1.82) is 0 Å². The monoisotopic (exact) mass is 366 g/mol. The summed E-state index contributed by atoms with van der Waals surface area (Å²) in [4.78, 5) is 24.0. The smallest absolute Gasteiger partial charge is 0.335 e. The van der Waals surface area contributed by atoms with Gasteiger partial charge in [0.15, 0.2) is 5.52 Å². The Hall–Kier alpha value is -3.26. The summed E-state index contributed by atoms with van der Waals surface area (Å²) in [6.07, 6.45) is 2.02. The fourth-order valence-electron chi connectivity index (χ4n) is 3.00. The van der Waals surface area contributed by atoms with Gasteiger partial charge in [-0.05, 0) is 37.1 Å². The molecular formula is C19H18N4O4. The first-order valence-electron chi connectivity index (χ1n) is 8.62. The molecule has 0 spiro atoms. The van der Waals surface area contributed by atoms with Crippen molar-refractivity contribution < 1.29 is 19.4 Å². The molecule has 1 aliphatic rings. The first-order chi connectivity index (χ1) is 13.1. The van der Waals surface area contributed by atoms with Crippen LogP contribution >= 0.6 is 0 Å². The van der Waals surface area contributed by atoms with Crippen LogP contribution in [0, 0.1) is 0 Å². The minimum atomic E-state index is -0.971. The first kappa shape index (κ1) is 17.2. The molecule has 0 radical (unpaired) electrons. The standard InChI is InChI=1S/C19H18N4O4/c20-19-22-15-8-7-14(11-3-5-12(6-4-11)18(24)25)21-16(15)17(23-19)27-10-13-2-1-9-26-13/h3-8,13H,1-2,9-10H2,(H,24,25)(H2,20,22,23). The molecule has 3 N–H and O–H groups in total. The molecule has 138 valence electrons. The van der Waals surface area contributed by atoms with E-state index in [0.717, 1.165) is 25.0 Å². The summed E-state index contributed by atoms with van der Waals surface area (Å²) in [5.74, 6) is -0.538. The van der Waals surface area contributed by atoms with Crippen LogP contribution in [0.15, 0.2) is 36.4 Å². The molecule has 0 bridgehead atoms. The van der Waals surface area contributed by atoms with E-state index in [2.05, 4.69) is 15.0 Å². The first-order valence-corrected chi connectivity index (χ1v) is 8.62. The summed E-state index contributed by atoms with van der Waals surface area (Å²) in [5, 5.41) is 9.03. The number of pyridine rings is 1. The van der Waals surface area contributed by atoms with Gasteiger partial charge < -0.3 is 20.3 Å². The molecule has 3 aromatic rings. The zero-order valence-corrected chi connectivity index (χ0v) is 14.5. The molecule has 4 rings (SSSR count). The fourth-order valence-corrected chi connectivity index (χ4v) is 3.00. The van der Waals surface area contributed by atoms with Crippen LogP contribution in [0.25, 0.3) is 22.3 Å². The summed E-state index contributed by atoms with van der Waals surface area (Å²) in [6.45, 7) is 1.13. The molecular weight excluding hydrogens is 348 g/mol. The number of nitrogens with two attached hydrogens (primary N) is 1. The number of carboxylic acid groups (broad SMARTS) is 1. The van der Waals surface area contributed by atoms with Gasteiger partial charge in [-0.1, -0.05) is 12.1 Å². The van der Waals surface area contributed by atoms with Gasteiger partial charge in [0.25, 0.3) is 0 Å². The average molecular weight is 366 g/mol. The number of benzene rings is 1. The molecule has 0 aliphatic carbocycles. The molecule has 0 amide bonds. The SMILES string of the molecule is Nc1nc(OCC2CCCO2)c2nc(-c3ccc(C(=O)O)cc3)ccc2n1. The minimum absolute atomic E-state index is 0.0444. The van der Waals surface area contributed by atoms with Crippen molar-refractivity contribution >= 4 is 23.0 Å². The van der Waals surface area contributed by atoms with Crippen LogP contribution in [0.3, 0.4) is 0 Å². The number of nitrogens with zero attached hydrogens (tertiary/aromatic N) is 3. The van der Waals surface area contributed by atoms with Crippen molar-refractivity contribution in [1.82, 2.24) is 15.0 Å². The van der Waals surface area contributed by atoms with Crippen molar-refractivity contribution in [3.05, 3.63) is 42.0 Å². The second kappa shape index (κ2) is 7.16. The van der Waals surface area contributed by atoms with Crippen LogP contribution in [0.4, 0.5) is 5.95 Å². The Morgan fingerprint density at radius 2 is 2.00 bits per heavy atom. The predicted octanol–water partition coefficient (Wildman–Crippen LogP) is 2.53. The van der Waals surface area contributed by atoms with E-state index >= 15 is 0 Å². The maximum atomic E-state index is 11.0. The van der Waals surface area contributed by atoms with Gasteiger partial charge in [0.1, 0.15) is 6.61 Å². The van der Waals surface area contributed by atoms with Crippen LogP contribution in [0.1, 0.15) is 23.2 Å². The van der Waals surface area contributed by atoms with Crippen LogP contribution in [0.2, 0.25) is 0 Å². The number of carbonyl (C=O) groups is 1. The lowest BCUT2D eigenvalue weighted by atomic mass is 10.1. The molecule has 1 unspecified atom stereocenters. The molecule has 8 heteroatoms.